The number of benzene rings is 7. The molecule has 7 heteroatoms. The van der Waals surface area contributed by atoms with Crippen molar-refractivity contribution < 1.29 is 25.8 Å². The number of aromatic nitrogens is 3. The second kappa shape index (κ2) is 17.3. The Morgan fingerprint density at radius 3 is 1.62 bits per heavy atom. The third-order valence-corrected chi connectivity index (χ3v) is 14.1. The largest absolute Gasteiger partial charge is 0.509 e. The Morgan fingerprint density at radius 1 is 0.423 bits per heavy atom. The summed E-state index contributed by atoms with van der Waals surface area (Å²) in [5.41, 5.74) is 14.6. The molecule has 71 heavy (non-hydrogen) atoms. The van der Waals surface area contributed by atoms with E-state index in [0.717, 1.165) is 56.1 Å². The summed E-state index contributed by atoms with van der Waals surface area (Å²) in [6.07, 6.45) is 1.91. The first-order valence-corrected chi connectivity index (χ1v) is 24.6. The summed E-state index contributed by atoms with van der Waals surface area (Å²) in [5.74, 6) is 2.05. The van der Waals surface area contributed by atoms with E-state index in [1.807, 2.05) is 24.4 Å². The van der Waals surface area contributed by atoms with Crippen LogP contribution in [0.1, 0.15) is 105 Å². The van der Waals surface area contributed by atoms with Crippen LogP contribution in [0.2, 0.25) is 0 Å². The Bertz CT molecular complexity index is 3610. The van der Waals surface area contributed by atoms with Gasteiger partial charge in [0, 0.05) is 72.1 Å². The summed E-state index contributed by atoms with van der Waals surface area (Å²) < 4.78 is 11.4. The molecule has 0 spiro atoms. The maximum Gasteiger partial charge on any atom is 0.135 e. The monoisotopic (exact) mass is 1110 g/mol. The van der Waals surface area contributed by atoms with Gasteiger partial charge in [0.25, 0.3) is 0 Å². The van der Waals surface area contributed by atoms with Gasteiger partial charge in [-0.15, -0.1) is 48.1 Å². The molecule has 0 unspecified atom stereocenters. The van der Waals surface area contributed by atoms with Gasteiger partial charge in [0.2, 0.25) is 0 Å². The SMILES string of the molecule is CC(C)(C)c1ccnc(-n2c3[c-]c(Oc4[c-]c(N5[CH-]N(c6cc(C(C)(C)C)ccc6-n6c7ccc(C(C)(C)C)cc7c7cc(C(C)(C)C)ccc76)c6ccccc65)ccc4)ccc3c3ccccc32)c1.[Pt]. The molecule has 11 rings (SSSR count). The van der Waals surface area contributed by atoms with Crippen molar-refractivity contribution in [2.75, 3.05) is 9.80 Å². The van der Waals surface area contributed by atoms with E-state index in [1.165, 1.54) is 44.1 Å². The number of para-hydroxylation sites is 3. The van der Waals surface area contributed by atoms with Gasteiger partial charge in [-0.1, -0.05) is 137 Å². The molecule has 0 N–H and O–H groups in total. The molecule has 362 valence electrons. The minimum atomic E-state index is -0.0862. The minimum Gasteiger partial charge on any atom is -0.509 e. The maximum atomic E-state index is 6.71. The van der Waals surface area contributed by atoms with Crippen LogP contribution < -0.4 is 14.5 Å². The van der Waals surface area contributed by atoms with E-state index in [0.29, 0.717) is 11.5 Å². The summed E-state index contributed by atoms with van der Waals surface area (Å²) in [6.45, 7) is 29.6. The van der Waals surface area contributed by atoms with E-state index < -0.39 is 0 Å². The molecule has 0 atom stereocenters. The van der Waals surface area contributed by atoms with Gasteiger partial charge in [0.1, 0.15) is 5.82 Å². The smallest absolute Gasteiger partial charge is 0.135 e. The number of pyridine rings is 1. The number of hydrogen-bond acceptors (Lipinski definition) is 4. The third kappa shape index (κ3) is 8.52. The predicted molar refractivity (Wildman–Crippen MR) is 293 cm³/mol. The van der Waals surface area contributed by atoms with E-state index in [1.54, 1.807) is 0 Å². The van der Waals surface area contributed by atoms with E-state index >= 15 is 0 Å². The van der Waals surface area contributed by atoms with Crippen LogP contribution in [0.25, 0.3) is 55.1 Å². The molecule has 4 heterocycles. The van der Waals surface area contributed by atoms with E-state index in [4.69, 9.17) is 9.72 Å². The standard InChI is InChI=1S/C64H62N5O.Pt/c1-61(2,3)41-24-29-53-50(34-41)51-35-42(62(4,5)6)25-30-54(51)68(53)57-31-26-43(63(7,8)9)36-59(57)67-40-66(55-22-15-16-23-56(55)67)45-18-17-19-46(38-45)70-47-27-28-49-48-20-13-14-21-52(48)69(58(49)39-47)60-37-44(32-33-65-60)64(10,11)12;/h13-37,40H,1-12H3;/q-3;. The molecule has 0 radical (unpaired) electrons. The molecule has 0 fully saturated rings. The fourth-order valence-corrected chi connectivity index (χ4v) is 10.0. The number of fused-ring (bicyclic) bond motifs is 7. The molecular weight excluding hydrogens is 1050 g/mol. The molecule has 3 aromatic heterocycles. The predicted octanol–water partition coefficient (Wildman–Crippen LogP) is 17.3. The van der Waals surface area contributed by atoms with Crippen LogP contribution in [0.5, 0.6) is 11.5 Å². The Balaban J connectivity index is 0.00000582. The topological polar surface area (TPSA) is 38.5 Å². The van der Waals surface area contributed by atoms with Gasteiger partial charge < -0.3 is 23.7 Å². The first-order chi connectivity index (χ1) is 33.2. The summed E-state index contributed by atoms with van der Waals surface area (Å²) >= 11 is 0. The summed E-state index contributed by atoms with van der Waals surface area (Å²) in [7, 11) is 0. The van der Waals surface area contributed by atoms with Crippen molar-refractivity contribution >= 4 is 66.4 Å². The van der Waals surface area contributed by atoms with Gasteiger partial charge in [-0.2, -0.15) is 12.1 Å². The van der Waals surface area contributed by atoms with Gasteiger partial charge in [0.15, 0.2) is 0 Å². The van der Waals surface area contributed by atoms with E-state index in [2.05, 4.69) is 248 Å². The first kappa shape index (κ1) is 48.0. The second-order valence-corrected chi connectivity index (χ2v) is 23.2. The average Bonchev–Trinajstić information content (AvgIpc) is 3.98. The van der Waals surface area contributed by atoms with Crippen molar-refractivity contribution in [3.63, 3.8) is 0 Å². The molecule has 0 bridgehead atoms. The Labute approximate surface area is 434 Å². The average molecular weight is 1110 g/mol. The van der Waals surface area contributed by atoms with Crippen molar-refractivity contribution in [2.24, 2.45) is 0 Å². The Morgan fingerprint density at radius 2 is 0.972 bits per heavy atom. The quantitative estimate of drug-likeness (QED) is 0.156. The van der Waals surface area contributed by atoms with Crippen molar-refractivity contribution in [3.8, 4) is 23.0 Å². The summed E-state index contributed by atoms with van der Waals surface area (Å²) in [5, 5.41) is 4.76. The molecule has 10 aromatic rings. The zero-order chi connectivity index (χ0) is 49.1. The molecule has 0 aliphatic carbocycles. The number of anilines is 4. The normalized spacial score (nSPS) is 13.4. The van der Waals surface area contributed by atoms with Crippen molar-refractivity contribution in [1.29, 1.82) is 0 Å². The fourth-order valence-electron chi connectivity index (χ4n) is 10.0. The number of ether oxygens (including phenoxy) is 1. The molecule has 0 saturated heterocycles. The van der Waals surface area contributed by atoms with Crippen molar-refractivity contribution in [1.82, 2.24) is 14.1 Å². The summed E-state index contributed by atoms with van der Waals surface area (Å²) in [6, 6.07) is 60.1. The zero-order valence-electron chi connectivity index (χ0n) is 43.0. The van der Waals surface area contributed by atoms with Crippen LogP contribution in [0.4, 0.5) is 22.7 Å². The Hall–Kier alpha value is -6.62. The molecule has 6 nitrogen and oxygen atoms in total. The Kier molecular flexibility index (Phi) is 11.7. The minimum absolute atomic E-state index is 0. The maximum absolute atomic E-state index is 6.71. The van der Waals surface area contributed by atoms with Crippen LogP contribution in [0.15, 0.2) is 152 Å². The van der Waals surface area contributed by atoms with Gasteiger partial charge in [0.05, 0.1) is 16.7 Å². The van der Waals surface area contributed by atoms with Gasteiger partial charge in [-0.25, -0.2) is 4.98 Å². The molecule has 7 aromatic carbocycles. The van der Waals surface area contributed by atoms with Gasteiger partial charge in [-0.3, -0.25) is 0 Å². The third-order valence-electron chi connectivity index (χ3n) is 14.1. The molecule has 1 aliphatic heterocycles. The molecule has 0 amide bonds. The molecular formula is C64H62N5OPt-3. The van der Waals surface area contributed by atoms with Crippen molar-refractivity contribution in [3.05, 3.63) is 193 Å². The second-order valence-electron chi connectivity index (χ2n) is 23.2. The van der Waals surface area contributed by atoms with Crippen LogP contribution in [0, 0.1) is 18.8 Å². The van der Waals surface area contributed by atoms with Crippen LogP contribution >= 0.6 is 0 Å². The number of nitrogens with zero attached hydrogens (tertiary/aromatic N) is 5. The van der Waals surface area contributed by atoms with E-state index in [9.17, 15) is 0 Å². The van der Waals surface area contributed by atoms with Crippen molar-refractivity contribution in [2.45, 2.75) is 105 Å². The van der Waals surface area contributed by atoms with E-state index in [-0.39, 0.29) is 42.7 Å². The van der Waals surface area contributed by atoms with Gasteiger partial charge in [-0.05, 0) is 116 Å². The van der Waals surface area contributed by atoms with Crippen LogP contribution in [-0.4, -0.2) is 14.1 Å². The van der Waals surface area contributed by atoms with Crippen LogP contribution in [-0.2, 0) is 42.7 Å². The number of rotatable bonds is 6. The molecule has 1 aliphatic rings. The number of hydrogen-bond donors (Lipinski definition) is 0. The van der Waals surface area contributed by atoms with Gasteiger partial charge >= 0.3 is 0 Å². The van der Waals surface area contributed by atoms with Crippen LogP contribution in [0.3, 0.4) is 0 Å². The first-order valence-electron chi connectivity index (χ1n) is 24.6. The molecule has 0 saturated carbocycles. The summed E-state index contributed by atoms with van der Waals surface area (Å²) in [4.78, 5) is 9.46. The zero-order valence-corrected chi connectivity index (χ0v) is 45.2. The fraction of sp³-hybridized carbons (Fsp3) is 0.250.